The summed E-state index contributed by atoms with van der Waals surface area (Å²) in [6, 6.07) is 4.36. The number of nitrogens with zero attached hydrogens (tertiary/aromatic N) is 1. The van der Waals surface area contributed by atoms with Crippen LogP contribution < -0.4 is 5.32 Å². The Balaban J connectivity index is 2.01. The molecule has 19 heavy (non-hydrogen) atoms. The van der Waals surface area contributed by atoms with Crippen LogP contribution in [-0.4, -0.2) is 25.2 Å². The number of hydrogen-bond donors (Lipinski definition) is 1. The number of nitrogens with one attached hydrogen (secondary N) is 1. The van der Waals surface area contributed by atoms with Gasteiger partial charge >= 0.3 is 0 Å². The molecule has 102 valence electrons. The van der Waals surface area contributed by atoms with Crippen molar-refractivity contribution in [1.82, 2.24) is 10.3 Å². The van der Waals surface area contributed by atoms with Crippen LogP contribution in [0.4, 0.5) is 4.39 Å². The summed E-state index contributed by atoms with van der Waals surface area (Å²) < 4.78 is 23.3. The fourth-order valence-corrected chi connectivity index (χ4v) is 1.72. The van der Waals surface area contributed by atoms with Crippen LogP contribution in [0.25, 0.3) is 11.5 Å². The lowest BCUT2D eigenvalue weighted by Crippen LogP contribution is -2.18. The van der Waals surface area contributed by atoms with E-state index in [1.54, 1.807) is 19.4 Å². The van der Waals surface area contributed by atoms with Crippen molar-refractivity contribution in [1.29, 1.82) is 0 Å². The third-order valence-electron chi connectivity index (χ3n) is 2.51. The Kier molecular flexibility index (Phi) is 4.90. The van der Waals surface area contributed by atoms with Crippen molar-refractivity contribution < 1.29 is 13.5 Å². The molecule has 1 aromatic carbocycles. The molecule has 0 aliphatic heterocycles. The average molecular weight is 285 g/mol. The molecule has 2 rings (SSSR count). The van der Waals surface area contributed by atoms with Gasteiger partial charge in [-0.15, -0.1) is 0 Å². The van der Waals surface area contributed by atoms with Gasteiger partial charge in [0.15, 0.2) is 0 Å². The highest BCUT2D eigenvalue weighted by Crippen LogP contribution is 2.24. The summed E-state index contributed by atoms with van der Waals surface area (Å²) in [4.78, 5) is 4.30. The molecular weight excluding hydrogens is 271 g/mol. The third-order valence-corrected chi connectivity index (χ3v) is 2.80. The smallest absolute Gasteiger partial charge is 0.226 e. The summed E-state index contributed by atoms with van der Waals surface area (Å²) in [5.74, 6) is -0.0381. The Bertz CT molecular complexity index is 545. The normalized spacial score (nSPS) is 10.9. The van der Waals surface area contributed by atoms with Gasteiger partial charge in [-0.1, -0.05) is 11.6 Å². The van der Waals surface area contributed by atoms with Gasteiger partial charge in [-0.2, -0.15) is 0 Å². The zero-order chi connectivity index (χ0) is 13.7. The van der Waals surface area contributed by atoms with Gasteiger partial charge in [0.2, 0.25) is 5.89 Å². The van der Waals surface area contributed by atoms with Crippen LogP contribution in [0.15, 0.2) is 28.9 Å². The molecule has 0 radical (unpaired) electrons. The van der Waals surface area contributed by atoms with Crippen LogP contribution in [0, 0.1) is 5.82 Å². The number of halogens is 2. The molecule has 0 fully saturated rings. The molecule has 0 spiro atoms. The average Bonchev–Trinajstić information content (AvgIpc) is 2.87. The lowest BCUT2D eigenvalue weighted by molar-refractivity contribution is 0.199. The minimum absolute atomic E-state index is 0.0514. The molecule has 0 unspecified atom stereocenters. The van der Waals surface area contributed by atoms with Crippen molar-refractivity contribution in [2.24, 2.45) is 0 Å². The van der Waals surface area contributed by atoms with E-state index in [9.17, 15) is 4.39 Å². The summed E-state index contributed by atoms with van der Waals surface area (Å²) in [5, 5.41) is 3.21. The highest BCUT2D eigenvalue weighted by Gasteiger charge is 2.09. The second-order valence-electron chi connectivity index (χ2n) is 3.94. The fourth-order valence-electron chi connectivity index (χ4n) is 1.54. The molecule has 0 saturated heterocycles. The van der Waals surface area contributed by atoms with E-state index in [-0.39, 0.29) is 5.02 Å². The Hall–Kier alpha value is -1.43. The van der Waals surface area contributed by atoms with Gasteiger partial charge in [0.05, 0.1) is 17.3 Å². The monoisotopic (exact) mass is 284 g/mol. The van der Waals surface area contributed by atoms with E-state index in [4.69, 9.17) is 20.8 Å². The molecule has 0 atom stereocenters. The minimum atomic E-state index is -0.460. The highest BCUT2D eigenvalue weighted by molar-refractivity contribution is 6.31. The summed E-state index contributed by atoms with van der Waals surface area (Å²) in [6.45, 7) is 1.96. The fraction of sp³-hybridized carbons (Fsp3) is 0.308. The first kappa shape index (κ1) is 14.0. The lowest BCUT2D eigenvalue weighted by atomic mass is 10.2. The van der Waals surface area contributed by atoms with Gasteiger partial charge in [0.1, 0.15) is 12.1 Å². The van der Waals surface area contributed by atoms with Crippen LogP contribution in [0.1, 0.15) is 5.69 Å². The van der Waals surface area contributed by atoms with Crippen LogP contribution in [-0.2, 0) is 11.3 Å². The Morgan fingerprint density at radius 2 is 2.32 bits per heavy atom. The van der Waals surface area contributed by atoms with Gasteiger partial charge in [0.25, 0.3) is 0 Å². The number of oxazole rings is 1. The molecule has 1 heterocycles. The predicted molar refractivity (Wildman–Crippen MR) is 70.5 cm³/mol. The van der Waals surface area contributed by atoms with Crippen molar-refractivity contribution in [3.8, 4) is 11.5 Å². The van der Waals surface area contributed by atoms with Crippen LogP contribution in [0.3, 0.4) is 0 Å². The van der Waals surface area contributed by atoms with Gasteiger partial charge in [-0.05, 0) is 18.2 Å². The molecule has 1 aromatic heterocycles. The minimum Gasteiger partial charge on any atom is -0.444 e. The maximum atomic E-state index is 13.1. The van der Waals surface area contributed by atoms with E-state index in [1.807, 2.05) is 0 Å². The van der Waals surface area contributed by atoms with Crippen molar-refractivity contribution in [2.75, 3.05) is 20.3 Å². The first-order valence-electron chi connectivity index (χ1n) is 5.80. The van der Waals surface area contributed by atoms with E-state index >= 15 is 0 Å². The number of benzene rings is 1. The summed E-state index contributed by atoms with van der Waals surface area (Å²) in [5.41, 5.74) is 1.42. The van der Waals surface area contributed by atoms with Crippen LogP contribution in [0.2, 0.25) is 5.02 Å². The molecule has 0 aliphatic carbocycles. The number of methoxy groups -OCH3 is 1. The number of hydrogen-bond acceptors (Lipinski definition) is 4. The number of rotatable bonds is 6. The molecule has 1 N–H and O–H groups in total. The quantitative estimate of drug-likeness (QED) is 0.829. The SMILES string of the molecule is COCCNCc1coc(-c2ccc(F)c(Cl)c2)n1. The molecule has 2 aromatic rings. The largest absolute Gasteiger partial charge is 0.444 e. The van der Waals surface area contributed by atoms with E-state index in [0.29, 0.717) is 24.6 Å². The van der Waals surface area contributed by atoms with Crippen molar-refractivity contribution in [2.45, 2.75) is 6.54 Å². The summed E-state index contributed by atoms with van der Waals surface area (Å²) >= 11 is 5.72. The van der Waals surface area contributed by atoms with E-state index < -0.39 is 5.82 Å². The second-order valence-corrected chi connectivity index (χ2v) is 4.35. The Morgan fingerprint density at radius 1 is 1.47 bits per heavy atom. The predicted octanol–water partition coefficient (Wildman–Crippen LogP) is 2.87. The maximum Gasteiger partial charge on any atom is 0.226 e. The molecule has 0 amide bonds. The van der Waals surface area contributed by atoms with Gasteiger partial charge < -0.3 is 14.5 Å². The zero-order valence-corrected chi connectivity index (χ0v) is 11.2. The summed E-state index contributed by atoms with van der Waals surface area (Å²) in [6.07, 6.45) is 1.56. The van der Waals surface area contributed by atoms with E-state index in [1.165, 1.54) is 12.1 Å². The first-order chi connectivity index (χ1) is 9.20. The zero-order valence-electron chi connectivity index (χ0n) is 10.5. The van der Waals surface area contributed by atoms with E-state index in [0.717, 1.165) is 12.2 Å². The van der Waals surface area contributed by atoms with Crippen molar-refractivity contribution >= 4 is 11.6 Å². The summed E-state index contributed by atoms with van der Waals surface area (Å²) in [7, 11) is 1.65. The standard InChI is InChI=1S/C13H14ClFN2O2/c1-18-5-4-16-7-10-8-19-13(17-10)9-2-3-12(15)11(14)6-9/h2-3,6,8,16H,4-5,7H2,1H3. The second kappa shape index (κ2) is 6.65. The van der Waals surface area contributed by atoms with Gasteiger partial charge in [-0.25, -0.2) is 9.37 Å². The number of ether oxygens (including phenoxy) is 1. The highest BCUT2D eigenvalue weighted by atomic mass is 35.5. The molecular formula is C13H14ClFN2O2. The molecule has 0 bridgehead atoms. The molecule has 0 saturated carbocycles. The van der Waals surface area contributed by atoms with Crippen LogP contribution >= 0.6 is 11.6 Å². The number of aromatic nitrogens is 1. The Morgan fingerprint density at radius 3 is 3.05 bits per heavy atom. The third kappa shape index (κ3) is 3.76. The van der Waals surface area contributed by atoms with Crippen LogP contribution in [0.5, 0.6) is 0 Å². The lowest BCUT2D eigenvalue weighted by Gasteiger charge is -2.00. The molecule has 6 heteroatoms. The Labute approximate surface area is 115 Å². The van der Waals surface area contributed by atoms with Crippen molar-refractivity contribution in [3.05, 3.63) is 41.0 Å². The van der Waals surface area contributed by atoms with E-state index in [2.05, 4.69) is 10.3 Å². The van der Waals surface area contributed by atoms with Gasteiger partial charge in [0, 0.05) is 25.8 Å². The maximum absolute atomic E-state index is 13.1. The molecule has 0 aliphatic rings. The van der Waals surface area contributed by atoms with Crippen molar-refractivity contribution in [3.63, 3.8) is 0 Å². The molecule has 4 nitrogen and oxygen atoms in total. The topological polar surface area (TPSA) is 47.3 Å². The van der Waals surface area contributed by atoms with Gasteiger partial charge in [-0.3, -0.25) is 0 Å². The first-order valence-corrected chi connectivity index (χ1v) is 6.18.